The molecule has 0 bridgehead atoms. The number of rotatable bonds is 3. The molecule has 1 aromatic rings. The number of carbonyl (C=O) groups excluding carboxylic acids is 1. The third-order valence-electron chi connectivity index (χ3n) is 3.20. The van der Waals surface area contributed by atoms with Gasteiger partial charge in [0.2, 0.25) is 5.91 Å². The SMILES string of the molecule is N#Cc1cccc(NC(=O)CN2CCC(O)CC2)c1. The van der Waals surface area contributed by atoms with Crippen molar-refractivity contribution >= 4 is 11.6 Å². The first-order valence-electron chi connectivity index (χ1n) is 6.38. The first kappa shape index (κ1) is 13.5. The van der Waals surface area contributed by atoms with E-state index in [0.717, 1.165) is 25.9 Å². The van der Waals surface area contributed by atoms with E-state index in [1.807, 2.05) is 11.0 Å². The Bertz CT molecular complexity index is 488. The molecule has 0 radical (unpaired) electrons. The minimum Gasteiger partial charge on any atom is -0.393 e. The Labute approximate surface area is 112 Å². The average molecular weight is 259 g/mol. The normalized spacial score (nSPS) is 16.8. The zero-order valence-electron chi connectivity index (χ0n) is 10.7. The Morgan fingerprint density at radius 3 is 2.89 bits per heavy atom. The van der Waals surface area contributed by atoms with E-state index in [1.165, 1.54) is 0 Å². The Morgan fingerprint density at radius 1 is 1.47 bits per heavy atom. The summed E-state index contributed by atoms with van der Waals surface area (Å²) in [5.74, 6) is -0.0912. The molecule has 1 amide bonds. The molecule has 2 rings (SSSR count). The van der Waals surface area contributed by atoms with Crippen LogP contribution in [0.1, 0.15) is 18.4 Å². The highest BCUT2D eigenvalue weighted by atomic mass is 16.3. The van der Waals surface area contributed by atoms with Crippen LogP contribution in [0.3, 0.4) is 0 Å². The number of likely N-dealkylation sites (tertiary alicyclic amines) is 1. The lowest BCUT2D eigenvalue weighted by molar-refractivity contribution is -0.117. The van der Waals surface area contributed by atoms with Gasteiger partial charge in [-0.05, 0) is 31.0 Å². The van der Waals surface area contributed by atoms with E-state index in [2.05, 4.69) is 5.32 Å². The quantitative estimate of drug-likeness (QED) is 0.847. The predicted molar refractivity (Wildman–Crippen MR) is 71.5 cm³/mol. The molecule has 1 fully saturated rings. The second-order valence-corrected chi connectivity index (χ2v) is 4.75. The van der Waals surface area contributed by atoms with E-state index >= 15 is 0 Å². The zero-order chi connectivity index (χ0) is 13.7. The highest BCUT2D eigenvalue weighted by molar-refractivity contribution is 5.92. The van der Waals surface area contributed by atoms with Gasteiger partial charge in [-0.1, -0.05) is 6.07 Å². The second kappa shape index (κ2) is 6.32. The summed E-state index contributed by atoms with van der Waals surface area (Å²) >= 11 is 0. The maximum absolute atomic E-state index is 11.9. The molecule has 1 aliphatic heterocycles. The number of hydrogen-bond donors (Lipinski definition) is 2. The highest BCUT2D eigenvalue weighted by Crippen LogP contribution is 2.12. The van der Waals surface area contributed by atoms with Crippen LogP contribution < -0.4 is 5.32 Å². The number of aliphatic hydroxyl groups is 1. The molecule has 0 saturated carbocycles. The van der Waals surface area contributed by atoms with Gasteiger partial charge in [0.05, 0.1) is 24.3 Å². The van der Waals surface area contributed by atoms with Gasteiger partial charge in [0.25, 0.3) is 0 Å². The lowest BCUT2D eigenvalue weighted by Crippen LogP contribution is -2.40. The molecule has 0 unspecified atom stereocenters. The third kappa shape index (κ3) is 4.05. The molecule has 0 aromatic heterocycles. The fraction of sp³-hybridized carbons (Fsp3) is 0.429. The molecular formula is C14H17N3O2. The van der Waals surface area contributed by atoms with Crippen LogP contribution in [0.5, 0.6) is 0 Å². The molecule has 5 nitrogen and oxygen atoms in total. The molecule has 0 aliphatic carbocycles. The summed E-state index contributed by atoms with van der Waals surface area (Å²) in [6, 6.07) is 8.89. The summed E-state index contributed by atoms with van der Waals surface area (Å²) in [5.41, 5.74) is 1.17. The van der Waals surface area contributed by atoms with Crippen molar-refractivity contribution < 1.29 is 9.90 Å². The molecular weight excluding hydrogens is 242 g/mol. The molecule has 100 valence electrons. The Morgan fingerprint density at radius 2 is 2.21 bits per heavy atom. The fourth-order valence-corrected chi connectivity index (χ4v) is 2.15. The Kier molecular flexibility index (Phi) is 4.50. The van der Waals surface area contributed by atoms with Crippen molar-refractivity contribution in [1.82, 2.24) is 4.90 Å². The minimum absolute atomic E-state index is 0.0912. The molecule has 0 atom stereocenters. The van der Waals surface area contributed by atoms with E-state index in [-0.39, 0.29) is 12.0 Å². The second-order valence-electron chi connectivity index (χ2n) is 4.75. The van der Waals surface area contributed by atoms with Crippen molar-refractivity contribution in [2.24, 2.45) is 0 Å². The van der Waals surface area contributed by atoms with Gasteiger partial charge in [0.1, 0.15) is 0 Å². The van der Waals surface area contributed by atoms with Crippen LogP contribution in [0.2, 0.25) is 0 Å². The van der Waals surface area contributed by atoms with Crippen molar-refractivity contribution in [3.8, 4) is 6.07 Å². The van der Waals surface area contributed by atoms with Crippen LogP contribution >= 0.6 is 0 Å². The minimum atomic E-state index is -0.230. The highest BCUT2D eigenvalue weighted by Gasteiger charge is 2.18. The first-order valence-corrected chi connectivity index (χ1v) is 6.38. The van der Waals surface area contributed by atoms with Crippen LogP contribution in [0.4, 0.5) is 5.69 Å². The third-order valence-corrected chi connectivity index (χ3v) is 3.20. The topological polar surface area (TPSA) is 76.4 Å². The summed E-state index contributed by atoms with van der Waals surface area (Å²) in [4.78, 5) is 13.9. The number of nitriles is 1. The molecule has 1 aliphatic rings. The molecule has 1 heterocycles. The number of benzene rings is 1. The van der Waals surface area contributed by atoms with Crippen LogP contribution in [-0.2, 0) is 4.79 Å². The van der Waals surface area contributed by atoms with Crippen molar-refractivity contribution in [3.05, 3.63) is 29.8 Å². The summed E-state index contributed by atoms with van der Waals surface area (Å²) in [7, 11) is 0. The van der Waals surface area contributed by atoms with E-state index < -0.39 is 0 Å². The van der Waals surface area contributed by atoms with Gasteiger partial charge in [-0.25, -0.2) is 0 Å². The monoisotopic (exact) mass is 259 g/mol. The van der Waals surface area contributed by atoms with Gasteiger partial charge in [0, 0.05) is 18.8 Å². The molecule has 19 heavy (non-hydrogen) atoms. The molecule has 5 heteroatoms. The standard InChI is InChI=1S/C14H17N3O2/c15-9-11-2-1-3-12(8-11)16-14(19)10-17-6-4-13(18)5-7-17/h1-3,8,13,18H,4-7,10H2,(H,16,19). The molecule has 0 spiro atoms. The van der Waals surface area contributed by atoms with Gasteiger partial charge in [-0.3, -0.25) is 9.69 Å². The molecule has 1 aromatic carbocycles. The van der Waals surface area contributed by atoms with Gasteiger partial charge < -0.3 is 10.4 Å². The summed E-state index contributed by atoms with van der Waals surface area (Å²) < 4.78 is 0. The van der Waals surface area contributed by atoms with Gasteiger partial charge in [-0.15, -0.1) is 0 Å². The fourth-order valence-electron chi connectivity index (χ4n) is 2.15. The molecule has 1 saturated heterocycles. The number of nitrogens with zero attached hydrogens (tertiary/aromatic N) is 2. The number of anilines is 1. The number of hydrogen-bond acceptors (Lipinski definition) is 4. The van der Waals surface area contributed by atoms with Crippen molar-refractivity contribution in [2.75, 3.05) is 25.0 Å². The number of amides is 1. The van der Waals surface area contributed by atoms with Crippen molar-refractivity contribution in [3.63, 3.8) is 0 Å². The lowest BCUT2D eigenvalue weighted by atomic mass is 10.1. The first-order chi connectivity index (χ1) is 9.17. The predicted octanol–water partition coefficient (Wildman–Crippen LogP) is 0.953. The maximum atomic E-state index is 11.9. The van der Waals surface area contributed by atoms with Crippen LogP contribution in [0.15, 0.2) is 24.3 Å². The van der Waals surface area contributed by atoms with Crippen LogP contribution in [0.25, 0.3) is 0 Å². The van der Waals surface area contributed by atoms with Gasteiger partial charge >= 0.3 is 0 Å². The molecule has 2 N–H and O–H groups in total. The van der Waals surface area contributed by atoms with Gasteiger partial charge in [0.15, 0.2) is 0 Å². The van der Waals surface area contributed by atoms with E-state index in [0.29, 0.717) is 17.8 Å². The van der Waals surface area contributed by atoms with Crippen LogP contribution in [-0.4, -0.2) is 41.7 Å². The largest absolute Gasteiger partial charge is 0.393 e. The average Bonchev–Trinajstić information content (AvgIpc) is 2.41. The number of carbonyl (C=O) groups is 1. The van der Waals surface area contributed by atoms with E-state index in [1.54, 1.807) is 24.3 Å². The van der Waals surface area contributed by atoms with Gasteiger partial charge in [-0.2, -0.15) is 5.26 Å². The van der Waals surface area contributed by atoms with E-state index in [4.69, 9.17) is 5.26 Å². The maximum Gasteiger partial charge on any atom is 0.238 e. The number of piperidine rings is 1. The summed E-state index contributed by atoms with van der Waals surface area (Å²) in [6.45, 7) is 1.81. The number of nitrogens with one attached hydrogen (secondary N) is 1. The van der Waals surface area contributed by atoms with Crippen molar-refractivity contribution in [1.29, 1.82) is 5.26 Å². The Hall–Kier alpha value is -1.90. The zero-order valence-corrected chi connectivity index (χ0v) is 10.7. The Balaban J connectivity index is 1.85. The van der Waals surface area contributed by atoms with E-state index in [9.17, 15) is 9.90 Å². The van der Waals surface area contributed by atoms with Crippen LogP contribution in [0, 0.1) is 11.3 Å². The number of aliphatic hydroxyl groups excluding tert-OH is 1. The lowest BCUT2D eigenvalue weighted by Gasteiger charge is -2.28. The van der Waals surface area contributed by atoms with Crippen molar-refractivity contribution in [2.45, 2.75) is 18.9 Å². The smallest absolute Gasteiger partial charge is 0.238 e. The summed E-state index contributed by atoms with van der Waals surface area (Å²) in [5, 5.41) is 21.0. The summed E-state index contributed by atoms with van der Waals surface area (Å²) in [6.07, 6.45) is 1.21.